The van der Waals surface area contributed by atoms with Gasteiger partial charge in [-0.25, -0.2) is 0 Å². The topological polar surface area (TPSA) is 30.7 Å². The molecule has 0 aliphatic carbocycles. The van der Waals surface area contributed by atoms with Crippen LogP contribution in [0.3, 0.4) is 0 Å². The van der Waals surface area contributed by atoms with E-state index in [4.69, 9.17) is 0 Å². The van der Waals surface area contributed by atoms with E-state index in [-0.39, 0.29) is 0 Å². The summed E-state index contributed by atoms with van der Waals surface area (Å²) >= 11 is 0. The van der Waals surface area contributed by atoms with Crippen molar-refractivity contribution < 1.29 is 0 Å². The number of hydrogen-bond acceptors (Lipinski definition) is 2. The Morgan fingerprint density at radius 3 is 1.73 bits per heavy atom. The average molecular weight is 153 g/mol. The van der Waals surface area contributed by atoms with Gasteiger partial charge in [-0.1, -0.05) is 13.8 Å². The fourth-order valence-electron chi connectivity index (χ4n) is 1.26. The van der Waals surface area contributed by atoms with Gasteiger partial charge in [0.2, 0.25) is 0 Å². The first-order valence-electron chi connectivity index (χ1n) is 4.24. The fraction of sp³-hybridized carbons (Fsp3) is 0.750. The smallest absolute Gasteiger partial charge is 0.132 e. The summed E-state index contributed by atoms with van der Waals surface area (Å²) in [7, 11) is 0. The van der Waals surface area contributed by atoms with Crippen LogP contribution in [-0.4, -0.2) is 14.8 Å². The summed E-state index contributed by atoms with van der Waals surface area (Å²) in [6.45, 7) is 7.33. The zero-order valence-electron chi connectivity index (χ0n) is 7.46. The molecule has 0 fully saturated rings. The van der Waals surface area contributed by atoms with Crippen LogP contribution in [0.25, 0.3) is 0 Å². The van der Waals surface area contributed by atoms with Crippen LogP contribution in [-0.2, 0) is 19.4 Å². The fourth-order valence-corrected chi connectivity index (χ4v) is 1.26. The zero-order chi connectivity index (χ0) is 8.27. The number of hydrogen-bond donors (Lipinski definition) is 0. The van der Waals surface area contributed by atoms with Crippen LogP contribution in [0.4, 0.5) is 0 Å². The lowest BCUT2D eigenvalue weighted by atomic mass is 10.4. The van der Waals surface area contributed by atoms with Gasteiger partial charge in [0.1, 0.15) is 11.6 Å². The van der Waals surface area contributed by atoms with E-state index in [0.717, 1.165) is 31.0 Å². The molecule has 3 heteroatoms. The molecule has 0 aliphatic rings. The van der Waals surface area contributed by atoms with E-state index in [2.05, 4.69) is 35.5 Å². The van der Waals surface area contributed by atoms with Gasteiger partial charge < -0.3 is 4.57 Å². The van der Waals surface area contributed by atoms with E-state index in [1.165, 1.54) is 0 Å². The normalized spacial score (nSPS) is 10.5. The standard InChI is InChI=1S/C8H15N3/c1-4-7-9-10-8(5-2)11(7)6-3/h4-6H2,1-3H3. The molecule has 0 bridgehead atoms. The SMILES string of the molecule is CCc1nnc(CC)n1CC. The molecule has 0 radical (unpaired) electrons. The molecule has 1 aromatic rings. The molecule has 0 saturated carbocycles. The van der Waals surface area contributed by atoms with Crippen molar-refractivity contribution in [3.63, 3.8) is 0 Å². The van der Waals surface area contributed by atoms with Crippen LogP contribution < -0.4 is 0 Å². The van der Waals surface area contributed by atoms with Crippen LogP contribution in [0.2, 0.25) is 0 Å². The molecule has 0 spiro atoms. The molecule has 0 aromatic carbocycles. The summed E-state index contributed by atoms with van der Waals surface area (Å²) in [5.74, 6) is 2.20. The first-order chi connectivity index (χ1) is 5.33. The van der Waals surface area contributed by atoms with Gasteiger partial charge >= 0.3 is 0 Å². The van der Waals surface area contributed by atoms with Gasteiger partial charge in [0.25, 0.3) is 0 Å². The highest BCUT2D eigenvalue weighted by atomic mass is 15.3. The predicted octanol–water partition coefficient (Wildman–Crippen LogP) is 1.42. The molecule has 62 valence electrons. The van der Waals surface area contributed by atoms with Gasteiger partial charge in [0.05, 0.1) is 0 Å². The maximum absolute atomic E-state index is 4.09. The van der Waals surface area contributed by atoms with Crippen molar-refractivity contribution in [2.75, 3.05) is 0 Å². The molecule has 1 rings (SSSR count). The van der Waals surface area contributed by atoms with E-state index in [9.17, 15) is 0 Å². The quantitative estimate of drug-likeness (QED) is 0.657. The molecule has 0 amide bonds. The first kappa shape index (κ1) is 8.24. The second kappa shape index (κ2) is 3.51. The molecule has 0 unspecified atom stereocenters. The van der Waals surface area contributed by atoms with E-state index >= 15 is 0 Å². The van der Waals surface area contributed by atoms with Crippen molar-refractivity contribution in [1.82, 2.24) is 14.8 Å². The number of rotatable bonds is 3. The van der Waals surface area contributed by atoms with Gasteiger partial charge in [0.15, 0.2) is 0 Å². The van der Waals surface area contributed by atoms with Crippen LogP contribution in [0.1, 0.15) is 32.4 Å². The Morgan fingerprint density at radius 2 is 1.45 bits per heavy atom. The highest BCUT2D eigenvalue weighted by Crippen LogP contribution is 2.02. The van der Waals surface area contributed by atoms with E-state index in [1.807, 2.05) is 0 Å². The predicted molar refractivity (Wildman–Crippen MR) is 44.5 cm³/mol. The Morgan fingerprint density at radius 1 is 1.00 bits per heavy atom. The van der Waals surface area contributed by atoms with Gasteiger partial charge in [-0.15, -0.1) is 10.2 Å². The van der Waals surface area contributed by atoms with Crippen LogP contribution in [0.15, 0.2) is 0 Å². The van der Waals surface area contributed by atoms with Crippen molar-refractivity contribution in [1.29, 1.82) is 0 Å². The third-order valence-electron chi connectivity index (χ3n) is 1.85. The summed E-state index contributed by atoms with van der Waals surface area (Å²) in [5.41, 5.74) is 0. The van der Waals surface area contributed by atoms with Crippen LogP contribution in [0.5, 0.6) is 0 Å². The minimum Gasteiger partial charge on any atom is -0.315 e. The summed E-state index contributed by atoms with van der Waals surface area (Å²) in [5, 5.41) is 8.18. The number of aryl methyl sites for hydroxylation is 2. The number of aromatic nitrogens is 3. The third kappa shape index (κ3) is 1.42. The summed E-state index contributed by atoms with van der Waals surface area (Å²) in [4.78, 5) is 0. The molecule has 3 nitrogen and oxygen atoms in total. The number of nitrogens with zero attached hydrogens (tertiary/aromatic N) is 3. The molecule has 0 aliphatic heterocycles. The second-order valence-electron chi connectivity index (χ2n) is 2.48. The summed E-state index contributed by atoms with van der Waals surface area (Å²) in [6, 6.07) is 0. The van der Waals surface area contributed by atoms with Gasteiger partial charge in [-0.2, -0.15) is 0 Å². The molecule has 11 heavy (non-hydrogen) atoms. The molecule has 0 atom stereocenters. The van der Waals surface area contributed by atoms with Crippen molar-refractivity contribution in [3.8, 4) is 0 Å². The van der Waals surface area contributed by atoms with E-state index in [1.54, 1.807) is 0 Å². The lowest BCUT2D eigenvalue weighted by Crippen LogP contribution is -2.04. The van der Waals surface area contributed by atoms with Crippen molar-refractivity contribution in [2.45, 2.75) is 40.2 Å². The molecule has 0 N–H and O–H groups in total. The minimum absolute atomic E-state index is 0.973. The average Bonchev–Trinajstić information content (AvgIpc) is 2.45. The monoisotopic (exact) mass is 153 g/mol. The largest absolute Gasteiger partial charge is 0.315 e. The lowest BCUT2D eigenvalue weighted by Gasteiger charge is -2.02. The molecular weight excluding hydrogens is 138 g/mol. The van der Waals surface area contributed by atoms with Crippen molar-refractivity contribution in [3.05, 3.63) is 11.6 Å². The highest BCUT2D eigenvalue weighted by Gasteiger charge is 2.05. The summed E-state index contributed by atoms with van der Waals surface area (Å²) < 4.78 is 2.18. The second-order valence-corrected chi connectivity index (χ2v) is 2.48. The Labute approximate surface area is 67.4 Å². The zero-order valence-corrected chi connectivity index (χ0v) is 7.46. The molecule has 1 heterocycles. The Balaban J connectivity index is 2.99. The van der Waals surface area contributed by atoms with Gasteiger partial charge in [-0.3, -0.25) is 0 Å². The Bertz CT molecular complexity index is 206. The van der Waals surface area contributed by atoms with Crippen LogP contribution in [0, 0.1) is 0 Å². The third-order valence-corrected chi connectivity index (χ3v) is 1.85. The van der Waals surface area contributed by atoms with Crippen molar-refractivity contribution >= 4 is 0 Å². The van der Waals surface area contributed by atoms with E-state index in [0.29, 0.717) is 0 Å². The van der Waals surface area contributed by atoms with Gasteiger partial charge in [-0.05, 0) is 6.92 Å². The summed E-state index contributed by atoms with van der Waals surface area (Å²) in [6.07, 6.45) is 1.95. The Kier molecular flexibility index (Phi) is 2.63. The Hall–Kier alpha value is -0.860. The maximum atomic E-state index is 4.09. The molecule has 1 aromatic heterocycles. The molecule has 0 saturated heterocycles. The highest BCUT2D eigenvalue weighted by molar-refractivity contribution is 4.94. The maximum Gasteiger partial charge on any atom is 0.132 e. The lowest BCUT2D eigenvalue weighted by molar-refractivity contribution is 0.668. The first-order valence-corrected chi connectivity index (χ1v) is 4.24. The molecular formula is C8H15N3. The van der Waals surface area contributed by atoms with Gasteiger partial charge in [0, 0.05) is 19.4 Å². The van der Waals surface area contributed by atoms with Crippen molar-refractivity contribution in [2.24, 2.45) is 0 Å². The van der Waals surface area contributed by atoms with Crippen LogP contribution >= 0.6 is 0 Å². The van der Waals surface area contributed by atoms with E-state index < -0.39 is 0 Å². The minimum atomic E-state index is 0.973.